The van der Waals surface area contributed by atoms with E-state index in [1.165, 1.54) is 10.4 Å². The average Bonchev–Trinajstić information content (AvgIpc) is 2.98. The van der Waals surface area contributed by atoms with E-state index in [4.69, 9.17) is 4.74 Å². The smallest absolute Gasteiger partial charge is 0.185 e. The number of hydrogen-bond acceptors (Lipinski definition) is 5. The van der Waals surface area contributed by atoms with Crippen molar-refractivity contribution in [3.63, 3.8) is 0 Å². The fraction of sp³-hybridized carbons (Fsp3) is 0.438. The van der Waals surface area contributed by atoms with Crippen molar-refractivity contribution in [3.05, 3.63) is 40.9 Å². The number of benzene rings is 1. The molecule has 0 saturated carbocycles. The van der Waals surface area contributed by atoms with E-state index in [1.807, 2.05) is 18.3 Å². The number of thiazole rings is 1. The average molecular weight is 305 g/mol. The zero-order chi connectivity index (χ0) is 15.2. The van der Waals surface area contributed by atoms with Gasteiger partial charge in [-0.15, -0.1) is 11.3 Å². The Kier molecular flexibility index (Phi) is 5.59. The van der Waals surface area contributed by atoms with E-state index < -0.39 is 0 Å². The number of aromatic nitrogens is 1. The maximum atomic E-state index is 5.26. The van der Waals surface area contributed by atoms with Crippen molar-refractivity contribution < 1.29 is 4.74 Å². The zero-order valence-electron chi connectivity index (χ0n) is 13.1. The molecular formula is C16H23N3OS. The summed E-state index contributed by atoms with van der Waals surface area (Å²) in [5.74, 6) is 0.890. The Hall–Kier alpha value is -1.59. The van der Waals surface area contributed by atoms with Gasteiger partial charge in [-0.1, -0.05) is 19.1 Å². The molecule has 1 aromatic carbocycles. The van der Waals surface area contributed by atoms with Crippen LogP contribution in [0.4, 0.5) is 5.13 Å². The summed E-state index contributed by atoms with van der Waals surface area (Å²) in [6.07, 6.45) is 1.97. The van der Waals surface area contributed by atoms with E-state index in [-0.39, 0.29) is 0 Å². The number of anilines is 1. The van der Waals surface area contributed by atoms with Gasteiger partial charge in [0.15, 0.2) is 5.13 Å². The molecule has 0 fully saturated rings. The first-order valence-electron chi connectivity index (χ1n) is 7.17. The fourth-order valence-corrected chi connectivity index (χ4v) is 3.07. The van der Waals surface area contributed by atoms with E-state index in [1.54, 1.807) is 18.4 Å². The van der Waals surface area contributed by atoms with Gasteiger partial charge in [0.2, 0.25) is 0 Å². The van der Waals surface area contributed by atoms with Gasteiger partial charge in [0.1, 0.15) is 5.75 Å². The SMILES string of the molecule is CCNC(C)c1cnc(N(C)Cc2cccc(OC)c2)s1. The largest absolute Gasteiger partial charge is 0.497 e. The Balaban J connectivity index is 2.04. The summed E-state index contributed by atoms with van der Waals surface area (Å²) >= 11 is 1.74. The van der Waals surface area contributed by atoms with Crippen LogP contribution in [-0.2, 0) is 6.54 Å². The molecule has 0 amide bonds. The first kappa shape index (κ1) is 15.8. The van der Waals surface area contributed by atoms with E-state index in [2.05, 4.69) is 48.2 Å². The quantitative estimate of drug-likeness (QED) is 0.850. The lowest BCUT2D eigenvalue weighted by atomic mass is 10.2. The summed E-state index contributed by atoms with van der Waals surface area (Å²) in [4.78, 5) is 7.97. The normalized spacial score (nSPS) is 12.2. The summed E-state index contributed by atoms with van der Waals surface area (Å²) < 4.78 is 5.26. The number of rotatable bonds is 7. The van der Waals surface area contributed by atoms with Gasteiger partial charge in [-0.05, 0) is 31.2 Å². The van der Waals surface area contributed by atoms with Gasteiger partial charge in [-0.25, -0.2) is 4.98 Å². The second-order valence-electron chi connectivity index (χ2n) is 5.03. The van der Waals surface area contributed by atoms with Crippen molar-refractivity contribution in [2.24, 2.45) is 0 Å². The summed E-state index contributed by atoms with van der Waals surface area (Å²) in [5.41, 5.74) is 1.22. The molecule has 1 N–H and O–H groups in total. The number of nitrogens with zero attached hydrogens (tertiary/aromatic N) is 2. The molecular weight excluding hydrogens is 282 g/mol. The standard InChI is InChI=1S/C16H23N3OS/c1-5-17-12(2)15-10-18-16(21-15)19(3)11-13-7-6-8-14(9-13)20-4/h6-10,12,17H,5,11H2,1-4H3. The van der Waals surface area contributed by atoms with Crippen molar-refractivity contribution in [2.75, 3.05) is 25.6 Å². The van der Waals surface area contributed by atoms with Crippen molar-refractivity contribution in [3.8, 4) is 5.75 Å². The second-order valence-corrected chi connectivity index (χ2v) is 6.07. The lowest BCUT2D eigenvalue weighted by Gasteiger charge is -2.16. The Morgan fingerprint density at radius 2 is 2.24 bits per heavy atom. The maximum Gasteiger partial charge on any atom is 0.185 e. The van der Waals surface area contributed by atoms with Gasteiger partial charge in [0, 0.05) is 30.7 Å². The summed E-state index contributed by atoms with van der Waals surface area (Å²) in [5, 5.41) is 4.45. The van der Waals surface area contributed by atoms with Crippen molar-refractivity contribution >= 4 is 16.5 Å². The van der Waals surface area contributed by atoms with Crippen LogP contribution in [0.25, 0.3) is 0 Å². The molecule has 2 rings (SSSR count). The van der Waals surface area contributed by atoms with Crippen LogP contribution in [-0.4, -0.2) is 25.7 Å². The van der Waals surface area contributed by atoms with Gasteiger partial charge < -0.3 is 15.0 Å². The predicted octanol–water partition coefficient (Wildman–Crippen LogP) is 3.46. The Bertz CT molecular complexity index is 570. The van der Waals surface area contributed by atoms with Crippen LogP contribution in [0.2, 0.25) is 0 Å². The highest BCUT2D eigenvalue weighted by Crippen LogP contribution is 2.27. The van der Waals surface area contributed by atoms with Crippen LogP contribution < -0.4 is 15.0 Å². The minimum Gasteiger partial charge on any atom is -0.497 e. The first-order valence-corrected chi connectivity index (χ1v) is 7.98. The van der Waals surface area contributed by atoms with Crippen LogP contribution in [0.1, 0.15) is 30.3 Å². The molecule has 0 spiro atoms. The van der Waals surface area contributed by atoms with Gasteiger partial charge in [0.25, 0.3) is 0 Å². The van der Waals surface area contributed by atoms with Crippen LogP contribution in [0, 0.1) is 0 Å². The minimum atomic E-state index is 0.353. The molecule has 0 saturated heterocycles. The summed E-state index contributed by atoms with van der Waals surface area (Å²) in [6, 6.07) is 8.50. The summed E-state index contributed by atoms with van der Waals surface area (Å²) in [6.45, 7) is 6.07. The summed E-state index contributed by atoms with van der Waals surface area (Å²) in [7, 11) is 3.76. The molecule has 21 heavy (non-hydrogen) atoms. The third kappa shape index (κ3) is 4.19. The molecule has 5 heteroatoms. The van der Waals surface area contributed by atoms with Gasteiger partial charge in [0.05, 0.1) is 7.11 Å². The molecule has 0 aliphatic heterocycles. The number of ether oxygens (including phenoxy) is 1. The maximum absolute atomic E-state index is 5.26. The predicted molar refractivity (Wildman–Crippen MR) is 89.3 cm³/mol. The topological polar surface area (TPSA) is 37.4 Å². The van der Waals surface area contributed by atoms with Crippen LogP contribution in [0.15, 0.2) is 30.5 Å². The minimum absolute atomic E-state index is 0.353. The Morgan fingerprint density at radius 1 is 1.43 bits per heavy atom. The van der Waals surface area contributed by atoms with Crippen LogP contribution >= 0.6 is 11.3 Å². The molecule has 0 aliphatic rings. The monoisotopic (exact) mass is 305 g/mol. The number of methoxy groups -OCH3 is 1. The fourth-order valence-electron chi connectivity index (χ4n) is 2.17. The van der Waals surface area contributed by atoms with Gasteiger partial charge in [-0.2, -0.15) is 0 Å². The van der Waals surface area contributed by atoms with Crippen LogP contribution in [0.3, 0.4) is 0 Å². The molecule has 1 heterocycles. The van der Waals surface area contributed by atoms with E-state index in [0.29, 0.717) is 6.04 Å². The highest BCUT2D eigenvalue weighted by Gasteiger charge is 2.12. The van der Waals surface area contributed by atoms with E-state index in [0.717, 1.165) is 24.0 Å². The molecule has 1 unspecified atom stereocenters. The van der Waals surface area contributed by atoms with Crippen molar-refractivity contribution in [2.45, 2.75) is 26.4 Å². The number of hydrogen-bond donors (Lipinski definition) is 1. The van der Waals surface area contributed by atoms with Gasteiger partial charge in [-0.3, -0.25) is 0 Å². The highest BCUT2D eigenvalue weighted by molar-refractivity contribution is 7.15. The Morgan fingerprint density at radius 3 is 2.95 bits per heavy atom. The Labute approximate surface area is 130 Å². The van der Waals surface area contributed by atoms with E-state index in [9.17, 15) is 0 Å². The zero-order valence-corrected chi connectivity index (χ0v) is 13.9. The van der Waals surface area contributed by atoms with Crippen molar-refractivity contribution in [1.82, 2.24) is 10.3 Å². The van der Waals surface area contributed by atoms with Gasteiger partial charge >= 0.3 is 0 Å². The second kappa shape index (κ2) is 7.43. The lowest BCUT2D eigenvalue weighted by Crippen LogP contribution is -2.17. The third-order valence-corrected chi connectivity index (χ3v) is 4.62. The molecule has 0 bridgehead atoms. The molecule has 114 valence electrons. The molecule has 0 aliphatic carbocycles. The molecule has 4 nitrogen and oxygen atoms in total. The highest BCUT2D eigenvalue weighted by atomic mass is 32.1. The molecule has 2 aromatic rings. The number of nitrogens with one attached hydrogen (secondary N) is 1. The van der Waals surface area contributed by atoms with Crippen LogP contribution in [0.5, 0.6) is 5.75 Å². The molecule has 0 radical (unpaired) electrons. The molecule has 1 aromatic heterocycles. The third-order valence-electron chi connectivity index (χ3n) is 3.33. The molecule has 1 atom stereocenters. The first-order chi connectivity index (χ1) is 10.1. The van der Waals surface area contributed by atoms with E-state index >= 15 is 0 Å². The van der Waals surface area contributed by atoms with Crippen molar-refractivity contribution in [1.29, 1.82) is 0 Å². The lowest BCUT2D eigenvalue weighted by molar-refractivity contribution is 0.414.